The molecular weight excluding hydrogens is 238 g/mol. The average Bonchev–Trinajstić information content (AvgIpc) is 2.37. The molecule has 0 spiro atoms. The zero-order valence-corrected chi connectivity index (χ0v) is 10.3. The molecular formula is C11H15N3O4. The topological polar surface area (TPSA) is 94.8 Å². The summed E-state index contributed by atoms with van der Waals surface area (Å²) in [7, 11) is 2.55. The molecule has 0 amide bonds. The molecule has 18 heavy (non-hydrogen) atoms. The summed E-state index contributed by atoms with van der Waals surface area (Å²) in [5, 5.41) is 0. The number of esters is 2. The summed E-state index contributed by atoms with van der Waals surface area (Å²) < 4.78 is 9.14. The number of pyridine rings is 1. The number of ether oxygens (including phenoxy) is 2. The molecule has 1 heterocycles. The van der Waals surface area contributed by atoms with Crippen LogP contribution in [0.3, 0.4) is 0 Å². The highest BCUT2D eigenvalue weighted by Crippen LogP contribution is 2.15. The standard InChI is InChI=1S/C11H15N3O4/c1-17-10(15)6-14(7-11(16)18-2)8-3-4-13-9(12)5-8/h3-5H,6-7H2,1-2H3,(H2,12,13). The van der Waals surface area contributed by atoms with Gasteiger partial charge in [0.2, 0.25) is 0 Å². The molecule has 7 nitrogen and oxygen atoms in total. The Bertz CT molecular complexity index is 418. The molecule has 2 N–H and O–H groups in total. The van der Waals surface area contributed by atoms with Crippen molar-refractivity contribution in [2.45, 2.75) is 0 Å². The molecule has 0 saturated carbocycles. The van der Waals surface area contributed by atoms with Gasteiger partial charge in [0.25, 0.3) is 0 Å². The zero-order valence-electron chi connectivity index (χ0n) is 10.3. The van der Waals surface area contributed by atoms with Crippen molar-refractivity contribution in [3.8, 4) is 0 Å². The molecule has 0 unspecified atom stereocenters. The van der Waals surface area contributed by atoms with Gasteiger partial charge in [0.15, 0.2) is 0 Å². The first-order chi connectivity index (χ1) is 8.56. The predicted molar refractivity (Wildman–Crippen MR) is 64.9 cm³/mol. The van der Waals surface area contributed by atoms with Crippen molar-refractivity contribution in [1.29, 1.82) is 0 Å². The minimum absolute atomic E-state index is 0.0744. The summed E-state index contributed by atoms with van der Waals surface area (Å²) in [4.78, 5) is 27.9. The van der Waals surface area contributed by atoms with Crippen LogP contribution in [-0.4, -0.2) is 44.2 Å². The summed E-state index contributed by atoms with van der Waals surface area (Å²) in [6, 6.07) is 3.20. The number of hydrogen-bond acceptors (Lipinski definition) is 7. The molecule has 0 fully saturated rings. The summed E-state index contributed by atoms with van der Waals surface area (Å²) in [5.41, 5.74) is 6.15. The van der Waals surface area contributed by atoms with E-state index in [0.29, 0.717) is 11.5 Å². The first kappa shape index (κ1) is 13.8. The Hall–Kier alpha value is -2.31. The quantitative estimate of drug-likeness (QED) is 0.727. The van der Waals surface area contributed by atoms with Crippen molar-refractivity contribution in [3.05, 3.63) is 18.3 Å². The number of anilines is 2. The molecule has 0 aromatic carbocycles. The van der Waals surface area contributed by atoms with Gasteiger partial charge in [-0.1, -0.05) is 0 Å². The molecule has 98 valence electrons. The molecule has 0 aliphatic rings. The number of methoxy groups -OCH3 is 2. The number of carbonyl (C=O) groups is 2. The van der Waals surface area contributed by atoms with Gasteiger partial charge in [-0.25, -0.2) is 4.98 Å². The Balaban J connectivity index is 2.88. The Kier molecular flexibility index (Phi) is 4.91. The lowest BCUT2D eigenvalue weighted by Crippen LogP contribution is -2.35. The van der Waals surface area contributed by atoms with E-state index in [1.807, 2.05) is 0 Å². The molecule has 1 rings (SSSR count). The maximum atomic E-state index is 11.3. The maximum absolute atomic E-state index is 11.3. The van der Waals surface area contributed by atoms with E-state index in [0.717, 1.165) is 0 Å². The van der Waals surface area contributed by atoms with Crippen LogP contribution in [0.2, 0.25) is 0 Å². The Morgan fingerprint density at radius 1 is 1.28 bits per heavy atom. The Morgan fingerprint density at radius 3 is 2.28 bits per heavy atom. The number of nitrogens with two attached hydrogens (primary N) is 1. The van der Waals surface area contributed by atoms with E-state index in [2.05, 4.69) is 14.5 Å². The van der Waals surface area contributed by atoms with Crippen LogP contribution < -0.4 is 10.6 Å². The van der Waals surface area contributed by atoms with E-state index in [4.69, 9.17) is 5.73 Å². The lowest BCUT2D eigenvalue weighted by atomic mass is 10.3. The minimum Gasteiger partial charge on any atom is -0.468 e. The van der Waals surface area contributed by atoms with Crippen molar-refractivity contribution in [2.24, 2.45) is 0 Å². The average molecular weight is 253 g/mol. The highest BCUT2D eigenvalue weighted by atomic mass is 16.5. The number of nitrogen functional groups attached to an aromatic ring is 1. The molecule has 0 aliphatic carbocycles. The summed E-state index contributed by atoms with van der Waals surface area (Å²) in [6.07, 6.45) is 1.49. The third kappa shape index (κ3) is 3.93. The summed E-state index contributed by atoms with van der Waals surface area (Å²) in [6.45, 7) is -0.149. The Morgan fingerprint density at radius 2 is 1.83 bits per heavy atom. The monoisotopic (exact) mass is 253 g/mol. The second-order valence-corrected chi connectivity index (χ2v) is 3.45. The molecule has 0 atom stereocenters. The van der Waals surface area contributed by atoms with E-state index < -0.39 is 11.9 Å². The van der Waals surface area contributed by atoms with Crippen LogP contribution in [0.4, 0.5) is 11.5 Å². The SMILES string of the molecule is COC(=O)CN(CC(=O)OC)c1ccnc(N)c1. The van der Waals surface area contributed by atoms with Gasteiger partial charge in [0.05, 0.1) is 14.2 Å². The third-order valence-electron chi connectivity index (χ3n) is 2.23. The van der Waals surface area contributed by atoms with E-state index in [1.165, 1.54) is 25.3 Å². The first-order valence-electron chi connectivity index (χ1n) is 5.17. The van der Waals surface area contributed by atoms with E-state index >= 15 is 0 Å². The van der Waals surface area contributed by atoms with Crippen molar-refractivity contribution >= 4 is 23.4 Å². The van der Waals surface area contributed by atoms with E-state index in [-0.39, 0.29) is 13.1 Å². The van der Waals surface area contributed by atoms with Gasteiger partial charge in [0, 0.05) is 18.0 Å². The predicted octanol–water partition coefficient (Wildman–Crippen LogP) is -0.184. The largest absolute Gasteiger partial charge is 0.468 e. The second-order valence-electron chi connectivity index (χ2n) is 3.45. The highest BCUT2D eigenvalue weighted by molar-refractivity contribution is 5.81. The van der Waals surface area contributed by atoms with E-state index in [9.17, 15) is 9.59 Å². The molecule has 0 radical (unpaired) electrons. The number of rotatable bonds is 5. The minimum atomic E-state index is -0.464. The summed E-state index contributed by atoms with van der Waals surface area (Å²) in [5.74, 6) is -0.629. The zero-order chi connectivity index (χ0) is 13.5. The van der Waals surface area contributed by atoms with Crippen LogP contribution in [0.15, 0.2) is 18.3 Å². The van der Waals surface area contributed by atoms with Crippen molar-refractivity contribution in [3.63, 3.8) is 0 Å². The number of aromatic nitrogens is 1. The van der Waals surface area contributed by atoms with Gasteiger partial charge in [-0.15, -0.1) is 0 Å². The maximum Gasteiger partial charge on any atom is 0.325 e. The van der Waals surface area contributed by atoms with Crippen molar-refractivity contribution in [1.82, 2.24) is 4.98 Å². The van der Waals surface area contributed by atoms with Crippen LogP contribution in [0, 0.1) is 0 Å². The van der Waals surface area contributed by atoms with Crippen LogP contribution >= 0.6 is 0 Å². The van der Waals surface area contributed by atoms with Crippen LogP contribution in [0.5, 0.6) is 0 Å². The van der Waals surface area contributed by atoms with E-state index in [1.54, 1.807) is 12.1 Å². The van der Waals surface area contributed by atoms with Crippen molar-refractivity contribution < 1.29 is 19.1 Å². The Labute approximate surface area is 104 Å². The normalized spacial score (nSPS) is 9.67. The molecule has 0 saturated heterocycles. The fourth-order valence-corrected chi connectivity index (χ4v) is 1.31. The molecule has 1 aromatic rings. The van der Waals surface area contributed by atoms with Gasteiger partial charge in [0.1, 0.15) is 18.9 Å². The smallest absolute Gasteiger partial charge is 0.325 e. The van der Waals surface area contributed by atoms with Gasteiger partial charge < -0.3 is 20.1 Å². The fraction of sp³-hybridized carbons (Fsp3) is 0.364. The first-order valence-corrected chi connectivity index (χ1v) is 5.17. The fourth-order valence-electron chi connectivity index (χ4n) is 1.31. The van der Waals surface area contributed by atoms with Crippen LogP contribution in [0.25, 0.3) is 0 Å². The molecule has 1 aromatic heterocycles. The van der Waals surface area contributed by atoms with Crippen LogP contribution in [0.1, 0.15) is 0 Å². The van der Waals surface area contributed by atoms with Gasteiger partial charge in [-0.05, 0) is 6.07 Å². The second kappa shape index (κ2) is 6.43. The van der Waals surface area contributed by atoms with Gasteiger partial charge >= 0.3 is 11.9 Å². The molecule has 0 bridgehead atoms. The number of carbonyl (C=O) groups excluding carboxylic acids is 2. The van der Waals surface area contributed by atoms with Gasteiger partial charge in [-0.2, -0.15) is 0 Å². The number of nitrogens with zero attached hydrogens (tertiary/aromatic N) is 2. The summed E-state index contributed by atoms with van der Waals surface area (Å²) >= 11 is 0. The lowest BCUT2D eigenvalue weighted by Gasteiger charge is -2.22. The highest BCUT2D eigenvalue weighted by Gasteiger charge is 2.16. The van der Waals surface area contributed by atoms with Crippen molar-refractivity contribution in [2.75, 3.05) is 37.9 Å². The molecule has 0 aliphatic heterocycles. The lowest BCUT2D eigenvalue weighted by molar-refractivity contribution is -0.140. The van der Waals surface area contributed by atoms with Crippen LogP contribution in [-0.2, 0) is 19.1 Å². The third-order valence-corrected chi connectivity index (χ3v) is 2.23. The molecule has 7 heteroatoms. The van der Waals surface area contributed by atoms with Gasteiger partial charge in [-0.3, -0.25) is 9.59 Å². The number of hydrogen-bond donors (Lipinski definition) is 1.